The smallest absolute Gasteiger partial charge is 0.268 e. The third kappa shape index (κ3) is 2.96. The fraction of sp³-hybridized carbons (Fsp3) is 0.417. The van der Waals surface area contributed by atoms with E-state index in [4.69, 9.17) is 16.1 Å². The summed E-state index contributed by atoms with van der Waals surface area (Å²) in [5, 5.41) is 7.10. The van der Waals surface area contributed by atoms with Gasteiger partial charge in [-0.1, -0.05) is 23.7 Å². The summed E-state index contributed by atoms with van der Waals surface area (Å²) >= 11 is 5.84. The molecule has 6 nitrogen and oxygen atoms in total. The highest BCUT2D eigenvalue weighted by molar-refractivity contribution is 6.31. The van der Waals surface area contributed by atoms with Crippen molar-refractivity contribution in [2.45, 2.75) is 26.3 Å². The molecule has 2 aromatic rings. The molecule has 0 aliphatic rings. The first-order valence-electron chi connectivity index (χ1n) is 5.96. The van der Waals surface area contributed by atoms with Gasteiger partial charge >= 0.3 is 0 Å². The second-order valence-electron chi connectivity index (χ2n) is 4.25. The molecule has 1 amide bonds. The highest BCUT2D eigenvalue weighted by Crippen LogP contribution is 2.15. The van der Waals surface area contributed by atoms with E-state index in [9.17, 15) is 4.79 Å². The third-order valence-corrected chi connectivity index (χ3v) is 2.93. The molecule has 0 fully saturated rings. The van der Waals surface area contributed by atoms with Crippen LogP contribution in [0.5, 0.6) is 0 Å². The van der Waals surface area contributed by atoms with Gasteiger partial charge in [0.1, 0.15) is 11.7 Å². The van der Waals surface area contributed by atoms with Gasteiger partial charge in [-0.05, 0) is 13.0 Å². The summed E-state index contributed by atoms with van der Waals surface area (Å²) in [6.45, 7) is 3.72. The predicted molar refractivity (Wildman–Crippen MR) is 70.0 cm³/mol. The maximum Gasteiger partial charge on any atom is 0.268 e. The predicted octanol–water partition coefficient (Wildman–Crippen LogP) is 2.11. The minimum Gasteiger partial charge on any atom is -0.345 e. The molecule has 0 aromatic carbocycles. The summed E-state index contributed by atoms with van der Waals surface area (Å²) in [6, 6.07) is 1.25. The van der Waals surface area contributed by atoms with Crippen molar-refractivity contribution in [2.75, 3.05) is 0 Å². The van der Waals surface area contributed by atoms with Crippen molar-refractivity contribution >= 4 is 17.5 Å². The summed E-state index contributed by atoms with van der Waals surface area (Å²) < 4.78 is 6.74. The van der Waals surface area contributed by atoms with Crippen molar-refractivity contribution < 1.29 is 9.32 Å². The second-order valence-corrected chi connectivity index (χ2v) is 4.69. The first-order chi connectivity index (χ1) is 9.01. The molecule has 7 heteroatoms. The quantitative estimate of drug-likeness (QED) is 0.932. The number of nitrogens with zero attached hydrogens (tertiary/aromatic N) is 3. The summed E-state index contributed by atoms with van der Waals surface area (Å²) in [4.78, 5) is 16.2. The van der Waals surface area contributed by atoms with Crippen LogP contribution in [0.4, 0.5) is 0 Å². The molecular weight excluding hydrogens is 268 g/mol. The molecule has 0 radical (unpaired) electrons. The van der Waals surface area contributed by atoms with E-state index in [0.717, 1.165) is 0 Å². The van der Waals surface area contributed by atoms with E-state index in [2.05, 4.69) is 15.5 Å². The Balaban J connectivity index is 2.08. The van der Waals surface area contributed by atoms with Crippen LogP contribution in [-0.4, -0.2) is 20.6 Å². The maximum absolute atomic E-state index is 12.1. The van der Waals surface area contributed by atoms with Crippen LogP contribution in [0.3, 0.4) is 0 Å². The SMILES string of the molecule is CCc1noc(C(C)NC(=O)c2cc(Cl)cn2C)n1. The second kappa shape index (κ2) is 5.44. The zero-order valence-corrected chi connectivity index (χ0v) is 11.7. The van der Waals surface area contributed by atoms with Crippen LogP contribution in [-0.2, 0) is 13.5 Å². The van der Waals surface area contributed by atoms with E-state index in [1.54, 1.807) is 30.8 Å². The maximum atomic E-state index is 12.1. The van der Waals surface area contributed by atoms with Gasteiger partial charge in [-0.2, -0.15) is 4.98 Å². The van der Waals surface area contributed by atoms with Crippen molar-refractivity contribution in [1.82, 2.24) is 20.0 Å². The summed E-state index contributed by atoms with van der Waals surface area (Å²) in [6.07, 6.45) is 2.36. The molecule has 2 aromatic heterocycles. The molecule has 19 heavy (non-hydrogen) atoms. The van der Waals surface area contributed by atoms with E-state index in [1.807, 2.05) is 6.92 Å². The number of hydrogen-bond acceptors (Lipinski definition) is 4. The first kappa shape index (κ1) is 13.6. The molecule has 1 atom stereocenters. The molecule has 1 unspecified atom stereocenters. The number of aryl methyl sites for hydroxylation is 2. The first-order valence-corrected chi connectivity index (χ1v) is 6.34. The number of carbonyl (C=O) groups excluding carboxylic acids is 1. The van der Waals surface area contributed by atoms with Gasteiger partial charge < -0.3 is 14.4 Å². The molecule has 0 saturated carbocycles. The topological polar surface area (TPSA) is 73.0 Å². The number of nitrogens with one attached hydrogen (secondary N) is 1. The Morgan fingerprint density at radius 2 is 2.37 bits per heavy atom. The number of rotatable bonds is 4. The molecule has 102 valence electrons. The van der Waals surface area contributed by atoms with Gasteiger partial charge in [0.05, 0.1) is 5.02 Å². The zero-order chi connectivity index (χ0) is 14.0. The number of aromatic nitrogens is 3. The fourth-order valence-electron chi connectivity index (χ4n) is 1.67. The average molecular weight is 283 g/mol. The number of halogens is 1. The van der Waals surface area contributed by atoms with E-state index in [1.165, 1.54) is 0 Å². The van der Waals surface area contributed by atoms with Crippen molar-refractivity contribution in [2.24, 2.45) is 7.05 Å². The number of amides is 1. The van der Waals surface area contributed by atoms with Gasteiger partial charge in [0, 0.05) is 19.7 Å². The van der Waals surface area contributed by atoms with Gasteiger partial charge in [0.2, 0.25) is 5.89 Å². The lowest BCUT2D eigenvalue weighted by atomic mass is 10.3. The van der Waals surface area contributed by atoms with Crippen LogP contribution < -0.4 is 5.32 Å². The molecule has 0 bridgehead atoms. The average Bonchev–Trinajstić information content (AvgIpc) is 2.95. The molecule has 0 aliphatic carbocycles. The van der Waals surface area contributed by atoms with Crippen molar-refractivity contribution in [3.8, 4) is 0 Å². The van der Waals surface area contributed by atoms with Crippen LogP contribution in [0, 0.1) is 0 Å². The molecule has 2 heterocycles. The monoisotopic (exact) mass is 282 g/mol. The van der Waals surface area contributed by atoms with Gasteiger partial charge in [-0.25, -0.2) is 0 Å². The minimum absolute atomic E-state index is 0.238. The lowest BCUT2D eigenvalue weighted by Gasteiger charge is -2.09. The van der Waals surface area contributed by atoms with E-state index < -0.39 is 0 Å². The highest BCUT2D eigenvalue weighted by atomic mass is 35.5. The third-order valence-electron chi connectivity index (χ3n) is 2.72. The van der Waals surface area contributed by atoms with Crippen molar-refractivity contribution in [1.29, 1.82) is 0 Å². The van der Waals surface area contributed by atoms with Gasteiger partial charge in [-0.15, -0.1) is 0 Å². The normalized spacial score (nSPS) is 12.4. The summed E-state index contributed by atoms with van der Waals surface area (Å²) in [5.74, 6) is 0.779. The van der Waals surface area contributed by atoms with Gasteiger partial charge in [0.15, 0.2) is 5.82 Å². The molecule has 2 rings (SSSR count). The largest absolute Gasteiger partial charge is 0.345 e. The van der Waals surface area contributed by atoms with Crippen LogP contribution >= 0.6 is 11.6 Å². The molecule has 1 N–H and O–H groups in total. The van der Waals surface area contributed by atoms with Gasteiger partial charge in [-0.3, -0.25) is 4.79 Å². The standard InChI is InChI=1S/C12H15ClN4O2/c1-4-10-15-12(19-16-10)7(2)14-11(18)9-5-8(13)6-17(9)3/h5-7H,4H2,1-3H3,(H,14,18). The van der Waals surface area contributed by atoms with Gasteiger partial charge in [0.25, 0.3) is 5.91 Å². The Bertz CT molecular complexity index is 590. The highest BCUT2D eigenvalue weighted by Gasteiger charge is 2.18. The lowest BCUT2D eigenvalue weighted by molar-refractivity contribution is 0.0924. The van der Waals surface area contributed by atoms with Crippen LogP contribution in [0.15, 0.2) is 16.8 Å². The van der Waals surface area contributed by atoms with Crippen LogP contribution in [0.1, 0.15) is 42.1 Å². The minimum atomic E-state index is -0.353. The Kier molecular flexibility index (Phi) is 3.90. The Labute approximate surface area is 115 Å². The number of hydrogen-bond donors (Lipinski definition) is 1. The lowest BCUT2D eigenvalue weighted by Crippen LogP contribution is -2.28. The van der Waals surface area contributed by atoms with E-state index in [-0.39, 0.29) is 11.9 Å². The van der Waals surface area contributed by atoms with E-state index in [0.29, 0.717) is 28.9 Å². The Morgan fingerprint density at radius 3 is 2.89 bits per heavy atom. The summed E-state index contributed by atoms with van der Waals surface area (Å²) in [7, 11) is 1.76. The van der Waals surface area contributed by atoms with Crippen molar-refractivity contribution in [3.05, 3.63) is 34.7 Å². The number of carbonyl (C=O) groups is 1. The van der Waals surface area contributed by atoms with Crippen LogP contribution in [0.25, 0.3) is 0 Å². The summed E-state index contributed by atoms with van der Waals surface area (Å²) in [5.41, 5.74) is 0.479. The molecule has 0 spiro atoms. The molecule has 0 saturated heterocycles. The van der Waals surface area contributed by atoms with Crippen LogP contribution in [0.2, 0.25) is 5.02 Å². The van der Waals surface area contributed by atoms with Crippen molar-refractivity contribution in [3.63, 3.8) is 0 Å². The fourth-order valence-corrected chi connectivity index (χ4v) is 1.92. The Morgan fingerprint density at radius 1 is 1.63 bits per heavy atom. The Hall–Kier alpha value is -1.82. The van der Waals surface area contributed by atoms with E-state index >= 15 is 0 Å². The molecule has 0 aliphatic heterocycles. The molecular formula is C12H15ClN4O2. The zero-order valence-electron chi connectivity index (χ0n) is 11.0.